The van der Waals surface area contributed by atoms with E-state index in [9.17, 15) is 4.79 Å². The minimum atomic E-state index is -0.229. The van der Waals surface area contributed by atoms with Gasteiger partial charge in [-0.25, -0.2) is 9.97 Å². The summed E-state index contributed by atoms with van der Waals surface area (Å²) >= 11 is 6.03. The van der Waals surface area contributed by atoms with Crippen molar-refractivity contribution in [2.45, 2.75) is 25.7 Å². The first-order valence-electron chi connectivity index (χ1n) is 6.53. The van der Waals surface area contributed by atoms with Crippen LogP contribution in [-0.2, 0) is 0 Å². The Labute approximate surface area is 122 Å². The van der Waals surface area contributed by atoms with Crippen molar-refractivity contribution in [2.75, 3.05) is 5.32 Å². The topological polar surface area (TPSA) is 54.9 Å². The predicted molar refractivity (Wildman–Crippen MR) is 78.1 cm³/mol. The van der Waals surface area contributed by atoms with E-state index < -0.39 is 0 Å². The molecular weight excluding hydrogens is 274 g/mol. The Hall–Kier alpha value is -1.94. The van der Waals surface area contributed by atoms with Crippen molar-refractivity contribution in [3.8, 4) is 0 Å². The zero-order valence-electron chi connectivity index (χ0n) is 11.1. The van der Waals surface area contributed by atoms with Gasteiger partial charge in [-0.3, -0.25) is 4.79 Å². The second-order valence-electron chi connectivity index (χ2n) is 5.02. The summed E-state index contributed by atoms with van der Waals surface area (Å²) < 4.78 is 0. The van der Waals surface area contributed by atoms with Crippen LogP contribution in [0.15, 0.2) is 30.6 Å². The number of carbonyl (C=O) groups excluding carboxylic acids is 1. The number of aryl methyl sites for hydroxylation is 1. The lowest BCUT2D eigenvalue weighted by Crippen LogP contribution is -2.13. The van der Waals surface area contributed by atoms with Gasteiger partial charge in [-0.2, -0.15) is 0 Å². The fourth-order valence-electron chi connectivity index (χ4n) is 1.88. The predicted octanol–water partition coefficient (Wildman–Crippen LogP) is 3.57. The number of anilines is 1. The molecule has 20 heavy (non-hydrogen) atoms. The summed E-state index contributed by atoms with van der Waals surface area (Å²) in [7, 11) is 0. The fraction of sp³-hybridized carbons (Fsp3) is 0.267. The van der Waals surface area contributed by atoms with Crippen molar-refractivity contribution in [3.05, 3.63) is 52.6 Å². The number of hydrogen-bond acceptors (Lipinski definition) is 3. The van der Waals surface area contributed by atoms with Gasteiger partial charge in [0.25, 0.3) is 5.91 Å². The van der Waals surface area contributed by atoms with Crippen molar-refractivity contribution in [1.82, 2.24) is 9.97 Å². The van der Waals surface area contributed by atoms with Crippen molar-refractivity contribution in [3.63, 3.8) is 0 Å². The van der Waals surface area contributed by atoms with Crippen LogP contribution >= 0.6 is 11.6 Å². The molecule has 1 saturated carbocycles. The Morgan fingerprint density at radius 2 is 2.00 bits per heavy atom. The summed E-state index contributed by atoms with van der Waals surface area (Å²) in [6, 6.07) is 5.41. The van der Waals surface area contributed by atoms with Gasteiger partial charge in [-0.15, -0.1) is 0 Å². The van der Waals surface area contributed by atoms with E-state index in [1.54, 1.807) is 18.5 Å². The van der Waals surface area contributed by atoms with Crippen LogP contribution in [0.4, 0.5) is 5.69 Å². The van der Waals surface area contributed by atoms with E-state index in [1.807, 2.05) is 19.1 Å². The molecule has 4 nitrogen and oxygen atoms in total. The maximum Gasteiger partial charge on any atom is 0.258 e. The molecule has 102 valence electrons. The van der Waals surface area contributed by atoms with Gasteiger partial charge >= 0.3 is 0 Å². The minimum Gasteiger partial charge on any atom is -0.322 e. The van der Waals surface area contributed by atoms with Crippen LogP contribution in [0.1, 0.15) is 40.5 Å². The molecule has 0 spiro atoms. The van der Waals surface area contributed by atoms with Crippen LogP contribution in [0.5, 0.6) is 0 Å². The molecule has 2 aromatic rings. The number of nitrogens with one attached hydrogen (secondary N) is 1. The molecule has 0 bridgehead atoms. The summed E-state index contributed by atoms with van der Waals surface area (Å²) in [6.45, 7) is 1.92. The fourth-order valence-corrected chi connectivity index (χ4v) is 2.06. The van der Waals surface area contributed by atoms with Crippen LogP contribution in [0.25, 0.3) is 0 Å². The number of hydrogen-bond donors (Lipinski definition) is 1. The third-order valence-electron chi connectivity index (χ3n) is 3.31. The normalized spacial score (nSPS) is 14.1. The Bertz CT molecular complexity index is 651. The Morgan fingerprint density at radius 3 is 2.60 bits per heavy atom. The molecule has 5 heteroatoms. The SMILES string of the molecule is Cc1ccc(NC(=O)c2cnc(C3CC3)nc2)cc1Cl. The zero-order chi connectivity index (χ0) is 14.1. The van der Waals surface area contributed by atoms with E-state index >= 15 is 0 Å². The van der Waals surface area contributed by atoms with Crippen LogP contribution in [0.2, 0.25) is 5.02 Å². The van der Waals surface area contributed by atoms with Crippen LogP contribution in [0.3, 0.4) is 0 Å². The smallest absolute Gasteiger partial charge is 0.258 e. The van der Waals surface area contributed by atoms with E-state index in [-0.39, 0.29) is 5.91 Å². The standard InChI is InChI=1S/C15H14ClN3O/c1-9-2-5-12(6-13(9)16)19-15(20)11-7-17-14(18-8-11)10-3-4-10/h2,5-8,10H,3-4H2,1H3,(H,19,20). The number of halogens is 1. The number of carbonyl (C=O) groups is 1. The summed E-state index contributed by atoms with van der Waals surface area (Å²) in [5.41, 5.74) is 2.09. The van der Waals surface area contributed by atoms with Crippen molar-refractivity contribution >= 4 is 23.2 Å². The van der Waals surface area contributed by atoms with Gasteiger partial charge < -0.3 is 5.32 Å². The molecule has 0 unspecified atom stereocenters. The van der Waals surface area contributed by atoms with Crippen molar-refractivity contribution < 1.29 is 4.79 Å². The lowest BCUT2D eigenvalue weighted by molar-refractivity contribution is 0.102. The largest absolute Gasteiger partial charge is 0.322 e. The minimum absolute atomic E-state index is 0.229. The van der Waals surface area contributed by atoms with E-state index in [2.05, 4.69) is 15.3 Å². The monoisotopic (exact) mass is 287 g/mol. The zero-order valence-corrected chi connectivity index (χ0v) is 11.8. The highest BCUT2D eigenvalue weighted by molar-refractivity contribution is 6.31. The molecule has 1 aliphatic rings. The van der Waals surface area contributed by atoms with Crippen LogP contribution in [0, 0.1) is 6.92 Å². The average Bonchev–Trinajstić information content (AvgIpc) is 3.28. The van der Waals surface area contributed by atoms with Gasteiger partial charge in [-0.1, -0.05) is 17.7 Å². The summed E-state index contributed by atoms with van der Waals surface area (Å²) in [5.74, 6) is 1.09. The highest BCUT2D eigenvalue weighted by atomic mass is 35.5. The summed E-state index contributed by atoms with van der Waals surface area (Å²) in [5, 5.41) is 3.42. The molecule has 3 rings (SSSR count). The van der Waals surface area contributed by atoms with E-state index in [1.165, 1.54) is 0 Å². The first-order chi connectivity index (χ1) is 9.63. The molecule has 1 amide bonds. The Balaban J connectivity index is 1.73. The van der Waals surface area contributed by atoms with Gasteiger partial charge in [0.2, 0.25) is 0 Å². The highest BCUT2D eigenvalue weighted by Gasteiger charge is 2.26. The van der Waals surface area contributed by atoms with Crippen LogP contribution in [-0.4, -0.2) is 15.9 Å². The summed E-state index contributed by atoms with van der Waals surface area (Å²) in [6.07, 6.45) is 5.44. The highest BCUT2D eigenvalue weighted by Crippen LogP contribution is 2.37. The van der Waals surface area contributed by atoms with Crippen LogP contribution < -0.4 is 5.32 Å². The van der Waals surface area contributed by atoms with Gasteiger partial charge in [0, 0.05) is 29.0 Å². The van der Waals surface area contributed by atoms with Gasteiger partial charge in [0.05, 0.1) is 5.56 Å². The lowest BCUT2D eigenvalue weighted by atomic mass is 10.2. The number of amides is 1. The first kappa shape index (κ1) is 13.1. The molecule has 1 aromatic carbocycles. The second-order valence-corrected chi connectivity index (χ2v) is 5.43. The lowest BCUT2D eigenvalue weighted by Gasteiger charge is -2.07. The van der Waals surface area contributed by atoms with E-state index in [0.29, 0.717) is 22.2 Å². The van der Waals surface area contributed by atoms with Gasteiger partial charge in [0.15, 0.2) is 0 Å². The third kappa shape index (κ3) is 2.80. The molecule has 1 heterocycles. The summed E-state index contributed by atoms with van der Waals surface area (Å²) in [4.78, 5) is 20.5. The average molecular weight is 288 g/mol. The molecule has 1 N–H and O–H groups in total. The third-order valence-corrected chi connectivity index (χ3v) is 3.71. The molecule has 1 aliphatic carbocycles. The first-order valence-corrected chi connectivity index (χ1v) is 6.91. The molecular formula is C15H14ClN3O. The number of aromatic nitrogens is 2. The molecule has 0 atom stereocenters. The van der Waals surface area contributed by atoms with Gasteiger partial charge in [0.1, 0.15) is 5.82 Å². The Morgan fingerprint density at radius 1 is 1.30 bits per heavy atom. The van der Waals surface area contributed by atoms with Crippen molar-refractivity contribution in [1.29, 1.82) is 0 Å². The molecule has 1 aromatic heterocycles. The molecule has 0 saturated heterocycles. The number of nitrogens with zero attached hydrogens (tertiary/aromatic N) is 2. The maximum absolute atomic E-state index is 12.1. The number of benzene rings is 1. The molecule has 0 aliphatic heterocycles. The maximum atomic E-state index is 12.1. The van der Waals surface area contributed by atoms with E-state index in [4.69, 9.17) is 11.6 Å². The van der Waals surface area contributed by atoms with Crippen molar-refractivity contribution in [2.24, 2.45) is 0 Å². The second kappa shape index (κ2) is 5.21. The molecule has 0 radical (unpaired) electrons. The quantitative estimate of drug-likeness (QED) is 0.939. The molecule has 1 fully saturated rings. The van der Waals surface area contributed by atoms with Gasteiger partial charge in [-0.05, 0) is 37.5 Å². The Kier molecular flexibility index (Phi) is 3.40. The number of rotatable bonds is 3. The van der Waals surface area contributed by atoms with E-state index in [0.717, 1.165) is 24.2 Å².